The van der Waals surface area contributed by atoms with Crippen LogP contribution in [0.3, 0.4) is 0 Å². The molecule has 1 aliphatic carbocycles. The zero-order chi connectivity index (χ0) is 16.4. The van der Waals surface area contributed by atoms with Gasteiger partial charge >= 0.3 is 0 Å². The molecule has 0 spiro atoms. The summed E-state index contributed by atoms with van der Waals surface area (Å²) in [6.07, 6.45) is 9.77. The molecule has 0 bridgehead atoms. The van der Waals surface area contributed by atoms with E-state index in [4.69, 9.17) is 11.6 Å². The second kappa shape index (κ2) is 7.27. The molecular weight excluding hydrogens is 306 g/mol. The summed E-state index contributed by atoms with van der Waals surface area (Å²) in [6.45, 7) is 4.75. The molecule has 0 saturated heterocycles. The van der Waals surface area contributed by atoms with Crippen molar-refractivity contribution in [2.24, 2.45) is 5.92 Å². The minimum Gasteiger partial charge on any atom is -0.392 e. The quantitative estimate of drug-likeness (QED) is 0.740. The van der Waals surface area contributed by atoms with Crippen molar-refractivity contribution in [2.75, 3.05) is 0 Å². The molecule has 0 amide bonds. The summed E-state index contributed by atoms with van der Waals surface area (Å²) >= 11 is 6.55. The second-order valence-electron chi connectivity index (χ2n) is 7.24. The SMILES string of the molecule is CCCC1CCCC(c2cn(CC(C)O)c3cccc(Cl)c23)C1. The molecule has 0 radical (unpaired) electrons. The Bertz CT molecular complexity index is 659. The van der Waals surface area contributed by atoms with Crippen molar-refractivity contribution in [3.63, 3.8) is 0 Å². The third-order valence-electron chi connectivity index (χ3n) is 5.27. The molecule has 2 nitrogen and oxygen atoms in total. The van der Waals surface area contributed by atoms with E-state index in [1.807, 2.05) is 19.1 Å². The average molecular weight is 334 g/mol. The van der Waals surface area contributed by atoms with Gasteiger partial charge in [-0.2, -0.15) is 0 Å². The summed E-state index contributed by atoms with van der Waals surface area (Å²) in [4.78, 5) is 0. The Morgan fingerprint density at radius 1 is 1.35 bits per heavy atom. The zero-order valence-electron chi connectivity index (χ0n) is 14.3. The lowest BCUT2D eigenvalue weighted by molar-refractivity contribution is 0.175. The lowest BCUT2D eigenvalue weighted by Gasteiger charge is -2.29. The third-order valence-corrected chi connectivity index (χ3v) is 5.58. The molecule has 126 valence electrons. The Kier molecular flexibility index (Phi) is 5.33. The van der Waals surface area contributed by atoms with Gasteiger partial charge in [0.2, 0.25) is 0 Å². The maximum Gasteiger partial charge on any atom is 0.0691 e. The molecule has 3 unspecified atom stereocenters. The van der Waals surface area contributed by atoms with E-state index in [0.29, 0.717) is 12.5 Å². The molecule has 0 aliphatic heterocycles. The number of hydrogen-bond acceptors (Lipinski definition) is 1. The molecule has 3 heteroatoms. The van der Waals surface area contributed by atoms with Crippen LogP contribution in [-0.4, -0.2) is 15.8 Å². The zero-order valence-corrected chi connectivity index (χ0v) is 15.0. The molecule has 1 aliphatic rings. The van der Waals surface area contributed by atoms with Gasteiger partial charge in [0, 0.05) is 23.6 Å². The Morgan fingerprint density at radius 2 is 2.17 bits per heavy atom. The van der Waals surface area contributed by atoms with Gasteiger partial charge in [-0.15, -0.1) is 0 Å². The minimum atomic E-state index is -0.350. The van der Waals surface area contributed by atoms with Crippen molar-refractivity contribution in [3.8, 4) is 0 Å². The van der Waals surface area contributed by atoms with Crippen LogP contribution in [0.2, 0.25) is 5.02 Å². The van der Waals surface area contributed by atoms with Crippen molar-refractivity contribution >= 4 is 22.5 Å². The van der Waals surface area contributed by atoms with E-state index in [0.717, 1.165) is 16.5 Å². The van der Waals surface area contributed by atoms with Gasteiger partial charge in [0.25, 0.3) is 0 Å². The smallest absolute Gasteiger partial charge is 0.0691 e. The van der Waals surface area contributed by atoms with Gasteiger partial charge in [-0.1, -0.05) is 50.3 Å². The molecular formula is C20H28ClNO. The monoisotopic (exact) mass is 333 g/mol. The van der Waals surface area contributed by atoms with E-state index in [1.165, 1.54) is 49.5 Å². The van der Waals surface area contributed by atoms with Crippen molar-refractivity contribution < 1.29 is 5.11 Å². The Hall–Kier alpha value is -0.990. The first kappa shape index (κ1) is 16.9. The Morgan fingerprint density at radius 3 is 2.91 bits per heavy atom. The number of aliphatic hydroxyl groups excluding tert-OH is 1. The van der Waals surface area contributed by atoms with Gasteiger partial charge in [0.05, 0.1) is 11.1 Å². The molecule has 1 heterocycles. The van der Waals surface area contributed by atoms with Gasteiger partial charge in [-0.3, -0.25) is 0 Å². The maximum atomic E-state index is 9.81. The van der Waals surface area contributed by atoms with Crippen LogP contribution >= 0.6 is 11.6 Å². The summed E-state index contributed by atoms with van der Waals surface area (Å²) in [5, 5.41) is 11.9. The van der Waals surface area contributed by atoms with Crippen LogP contribution in [0.4, 0.5) is 0 Å². The largest absolute Gasteiger partial charge is 0.392 e. The van der Waals surface area contributed by atoms with E-state index in [1.54, 1.807) is 0 Å². The fraction of sp³-hybridized carbons (Fsp3) is 0.600. The van der Waals surface area contributed by atoms with Crippen molar-refractivity contribution in [1.29, 1.82) is 0 Å². The number of halogens is 1. The molecule has 3 rings (SSSR count). The van der Waals surface area contributed by atoms with Crippen LogP contribution in [0.15, 0.2) is 24.4 Å². The number of fused-ring (bicyclic) bond motifs is 1. The van der Waals surface area contributed by atoms with E-state index < -0.39 is 0 Å². The molecule has 1 aromatic heterocycles. The molecule has 1 aromatic carbocycles. The van der Waals surface area contributed by atoms with Gasteiger partial charge < -0.3 is 9.67 Å². The third kappa shape index (κ3) is 3.59. The topological polar surface area (TPSA) is 25.2 Å². The van der Waals surface area contributed by atoms with Gasteiger partial charge in [0.1, 0.15) is 0 Å². The summed E-state index contributed by atoms with van der Waals surface area (Å²) in [7, 11) is 0. The van der Waals surface area contributed by atoms with Crippen molar-refractivity contribution in [2.45, 2.75) is 70.9 Å². The molecule has 3 atom stereocenters. The molecule has 2 aromatic rings. The lowest BCUT2D eigenvalue weighted by Crippen LogP contribution is -2.14. The number of aliphatic hydroxyl groups is 1. The van der Waals surface area contributed by atoms with Crippen LogP contribution in [0.1, 0.15) is 63.9 Å². The fourth-order valence-corrected chi connectivity index (χ4v) is 4.61. The lowest BCUT2D eigenvalue weighted by atomic mass is 9.76. The van der Waals surface area contributed by atoms with E-state index in [-0.39, 0.29) is 6.10 Å². The van der Waals surface area contributed by atoms with E-state index in [2.05, 4.69) is 23.8 Å². The Labute approximate surface area is 144 Å². The van der Waals surface area contributed by atoms with Crippen LogP contribution < -0.4 is 0 Å². The van der Waals surface area contributed by atoms with Gasteiger partial charge in [-0.25, -0.2) is 0 Å². The number of nitrogens with zero attached hydrogens (tertiary/aromatic N) is 1. The summed E-state index contributed by atoms with van der Waals surface area (Å²) in [6, 6.07) is 6.12. The number of aromatic nitrogens is 1. The number of rotatable bonds is 5. The van der Waals surface area contributed by atoms with Crippen LogP contribution in [-0.2, 0) is 6.54 Å². The van der Waals surface area contributed by atoms with Crippen LogP contribution in [0.5, 0.6) is 0 Å². The first-order valence-corrected chi connectivity index (χ1v) is 9.43. The summed E-state index contributed by atoms with van der Waals surface area (Å²) in [5.74, 6) is 1.47. The highest BCUT2D eigenvalue weighted by Crippen LogP contribution is 2.42. The van der Waals surface area contributed by atoms with E-state index in [9.17, 15) is 5.11 Å². The molecule has 1 fully saturated rings. The highest BCUT2D eigenvalue weighted by molar-refractivity contribution is 6.35. The average Bonchev–Trinajstić information content (AvgIpc) is 2.87. The number of benzene rings is 1. The minimum absolute atomic E-state index is 0.350. The predicted octanol–water partition coefficient (Wildman–Crippen LogP) is 5.75. The number of hydrogen-bond donors (Lipinski definition) is 1. The molecule has 1 saturated carbocycles. The van der Waals surface area contributed by atoms with E-state index >= 15 is 0 Å². The Balaban J connectivity index is 1.99. The van der Waals surface area contributed by atoms with Gasteiger partial charge in [-0.05, 0) is 49.3 Å². The van der Waals surface area contributed by atoms with Crippen LogP contribution in [0.25, 0.3) is 10.9 Å². The standard InChI is InChI=1S/C20H28ClNO/c1-3-6-15-7-4-8-16(11-15)17-13-22(12-14(2)23)19-10-5-9-18(21)20(17)19/h5,9-10,13-16,23H,3-4,6-8,11-12H2,1-2H3. The highest BCUT2D eigenvalue weighted by Gasteiger charge is 2.26. The highest BCUT2D eigenvalue weighted by atomic mass is 35.5. The normalized spacial score (nSPS) is 23.3. The first-order chi connectivity index (χ1) is 11.1. The van der Waals surface area contributed by atoms with Crippen molar-refractivity contribution in [1.82, 2.24) is 4.57 Å². The first-order valence-electron chi connectivity index (χ1n) is 9.05. The molecule has 23 heavy (non-hydrogen) atoms. The summed E-state index contributed by atoms with van der Waals surface area (Å²) in [5.41, 5.74) is 2.55. The maximum absolute atomic E-state index is 9.81. The summed E-state index contributed by atoms with van der Waals surface area (Å²) < 4.78 is 2.19. The van der Waals surface area contributed by atoms with Gasteiger partial charge in [0.15, 0.2) is 0 Å². The molecule has 1 N–H and O–H groups in total. The predicted molar refractivity (Wildman–Crippen MR) is 98.2 cm³/mol. The van der Waals surface area contributed by atoms with Crippen molar-refractivity contribution in [3.05, 3.63) is 35.0 Å². The second-order valence-corrected chi connectivity index (χ2v) is 7.65. The fourth-order valence-electron chi connectivity index (χ4n) is 4.33. The van der Waals surface area contributed by atoms with Crippen LogP contribution in [0, 0.1) is 5.92 Å².